The van der Waals surface area contributed by atoms with Crippen LogP contribution in [0.3, 0.4) is 0 Å². The summed E-state index contributed by atoms with van der Waals surface area (Å²) in [5, 5.41) is 12.6. The van der Waals surface area contributed by atoms with Crippen molar-refractivity contribution in [2.45, 2.75) is 25.9 Å². The molecule has 0 saturated carbocycles. The third kappa shape index (κ3) is 5.35. The van der Waals surface area contributed by atoms with Crippen molar-refractivity contribution in [1.29, 1.82) is 0 Å². The molecule has 2 N–H and O–H groups in total. The number of hydrogen-bond acceptors (Lipinski definition) is 7. The number of rotatable bonds is 3. The zero-order valence-electron chi connectivity index (χ0n) is 17.1. The van der Waals surface area contributed by atoms with Gasteiger partial charge in [0, 0.05) is 23.2 Å². The molecule has 0 atom stereocenters. The highest BCUT2D eigenvalue weighted by atomic mass is 79.9. The molecule has 1 fully saturated rings. The van der Waals surface area contributed by atoms with Crippen molar-refractivity contribution in [2.24, 2.45) is 0 Å². The van der Waals surface area contributed by atoms with Crippen LogP contribution in [0.2, 0.25) is 0 Å². The van der Waals surface area contributed by atoms with E-state index >= 15 is 0 Å². The van der Waals surface area contributed by atoms with Gasteiger partial charge in [0.1, 0.15) is 18.0 Å². The molecule has 4 aromatic rings. The topological polar surface area (TPSA) is 74.2 Å². The Hall–Kier alpha value is -2.20. The number of thiazole rings is 1. The fourth-order valence-electron chi connectivity index (χ4n) is 3.51. The Labute approximate surface area is 192 Å². The number of hydrogen-bond donors (Lipinski definition) is 2. The minimum atomic E-state index is -0.369. The number of piperidine rings is 1. The normalized spacial score (nSPS) is 15.1. The van der Waals surface area contributed by atoms with Crippen molar-refractivity contribution >= 4 is 59.9 Å². The third-order valence-corrected chi connectivity index (χ3v) is 6.50. The second-order valence-electron chi connectivity index (χ2n) is 7.33. The van der Waals surface area contributed by atoms with Gasteiger partial charge in [-0.2, -0.15) is 0 Å². The first-order valence-electron chi connectivity index (χ1n) is 10.1. The summed E-state index contributed by atoms with van der Waals surface area (Å²) in [5.74, 6) is 0.0743. The minimum absolute atomic E-state index is 0.0206. The molecule has 0 bridgehead atoms. The lowest BCUT2D eigenvalue weighted by Crippen LogP contribution is -2.35. The molecule has 9 heteroatoms. The van der Waals surface area contributed by atoms with Gasteiger partial charge in [-0.15, -0.1) is 11.3 Å². The molecule has 6 nitrogen and oxygen atoms in total. The van der Waals surface area contributed by atoms with Crippen molar-refractivity contribution in [3.63, 3.8) is 0 Å². The van der Waals surface area contributed by atoms with Crippen LogP contribution >= 0.6 is 27.3 Å². The number of aromatic nitrogens is 3. The first kappa shape index (κ1) is 22.0. The number of aliphatic hydroxyl groups is 1. The van der Waals surface area contributed by atoms with E-state index in [-0.39, 0.29) is 11.9 Å². The molecule has 1 saturated heterocycles. The van der Waals surface area contributed by atoms with E-state index in [0.717, 1.165) is 48.4 Å². The van der Waals surface area contributed by atoms with Crippen LogP contribution in [0.4, 0.5) is 15.9 Å². The summed E-state index contributed by atoms with van der Waals surface area (Å²) >= 11 is 4.83. The first-order chi connectivity index (χ1) is 15.0. The maximum atomic E-state index is 14.3. The van der Waals surface area contributed by atoms with Crippen molar-refractivity contribution in [3.8, 4) is 0 Å². The summed E-state index contributed by atoms with van der Waals surface area (Å²) in [4.78, 5) is 14.9. The number of anilines is 2. The number of aliphatic hydroxyl groups excluding tert-OH is 1. The molecule has 0 unspecified atom stereocenters. The van der Waals surface area contributed by atoms with Crippen LogP contribution in [-0.2, 0) is 0 Å². The van der Waals surface area contributed by atoms with Gasteiger partial charge in [-0.1, -0.05) is 22.9 Å². The number of nitrogens with zero attached hydrogens (tertiary/aromatic N) is 4. The smallest absolute Gasteiger partial charge is 0.144 e. The second-order valence-corrected chi connectivity index (χ2v) is 9.13. The second kappa shape index (κ2) is 9.95. The van der Waals surface area contributed by atoms with E-state index in [9.17, 15) is 4.39 Å². The van der Waals surface area contributed by atoms with E-state index < -0.39 is 0 Å². The molecule has 3 heterocycles. The predicted molar refractivity (Wildman–Crippen MR) is 127 cm³/mol. The maximum absolute atomic E-state index is 14.3. The Morgan fingerprint density at radius 2 is 1.97 bits per heavy atom. The van der Waals surface area contributed by atoms with Gasteiger partial charge in [-0.05, 0) is 49.7 Å². The van der Waals surface area contributed by atoms with Gasteiger partial charge in [0.25, 0.3) is 0 Å². The van der Waals surface area contributed by atoms with Gasteiger partial charge in [0.2, 0.25) is 0 Å². The largest absolute Gasteiger partial charge is 0.393 e. The number of nitrogens with one attached hydrogen (secondary N) is 1. The highest BCUT2D eigenvalue weighted by Gasteiger charge is 2.14. The molecule has 0 amide bonds. The number of halogens is 2. The molecule has 2 aromatic carbocycles. The molecular formula is C22H23BrFN5OS. The van der Waals surface area contributed by atoms with E-state index in [2.05, 4.69) is 48.0 Å². The number of likely N-dealkylation sites (tertiary alicyclic amines) is 1. The van der Waals surface area contributed by atoms with E-state index in [1.807, 2.05) is 18.2 Å². The predicted octanol–water partition coefficient (Wildman–Crippen LogP) is 5.35. The first-order valence-corrected chi connectivity index (χ1v) is 11.8. The van der Waals surface area contributed by atoms with Crippen molar-refractivity contribution < 1.29 is 9.50 Å². The zero-order valence-corrected chi connectivity index (χ0v) is 19.5. The molecule has 31 heavy (non-hydrogen) atoms. The van der Waals surface area contributed by atoms with Crippen molar-refractivity contribution in [3.05, 3.63) is 52.5 Å². The summed E-state index contributed by atoms with van der Waals surface area (Å²) in [6.07, 6.45) is 3.33. The number of fused-ring (bicyclic) bond motifs is 2. The fraction of sp³-hybridized carbons (Fsp3) is 0.318. The van der Waals surface area contributed by atoms with E-state index in [0.29, 0.717) is 21.2 Å². The molecule has 1 aliphatic rings. The van der Waals surface area contributed by atoms with E-state index in [4.69, 9.17) is 5.11 Å². The zero-order chi connectivity index (χ0) is 21.8. The van der Waals surface area contributed by atoms with Crippen LogP contribution in [0.15, 0.2) is 46.6 Å². The maximum Gasteiger partial charge on any atom is 0.144 e. The van der Waals surface area contributed by atoms with Gasteiger partial charge >= 0.3 is 0 Å². The van der Waals surface area contributed by atoms with Gasteiger partial charge in [-0.25, -0.2) is 19.3 Å². The van der Waals surface area contributed by atoms with E-state index in [1.54, 1.807) is 22.9 Å². The van der Waals surface area contributed by atoms with Crippen LogP contribution in [-0.4, -0.2) is 50.7 Å². The lowest BCUT2D eigenvalue weighted by atomic mass is 10.1. The Morgan fingerprint density at radius 3 is 2.74 bits per heavy atom. The molecule has 0 radical (unpaired) electrons. The Bertz CT molecular complexity index is 1180. The Kier molecular flexibility index (Phi) is 7.06. The van der Waals surface area contributed by atoms with Crippen LogP contribution < -0.4 is 5.32 Å². The lowest BCUT2D eigenvalue weighted by molar-refractivity contribution is 0.0852. The quantitative estimate of drug-likeness (QED) is 0.392. The highest BCUT2D eigenvalue weighted by molar-refractivity contribution is 9.10. The van der Waals surface area contributed by atoms with Gasteiger partial charge in [0.15, 0.2) is 0 Å². The lowest BCUT2D eigenvalue weighted by Gasteiger charge is -2.27. The Morgan fingerprint density at radius 1 is 1.16 bits per heavy atom. The highest BCUT2D eigenvalue weighted by Crippen LogP contribution is 2.30. The molecule has 162 valence electrons. The molecular weight excluding hydrogens is 481 g/mol. The molecule has 5 rings (SSSR count). The van der Waals surface area contributed by atoms with Gasteiger partial charge < -0.3 is 15.3 Å². The molecule has 2 aromatic heterocycles. The van der Waals surface area contributed by atoms with E-state index in [1.165, 1.54) is 12.4 Å². The standard InChI is InChI=1S/C15H8BrFN4S.C7H15NO/c16-8-3-10(17)14-12(4-8)18-6-19-15(14)21-9-1-2-11-13(5-9)22-7-20-11;1-2-8-5-3-7(9)4-6-8/h1-7H,(H,18,19,21);7,9H,2-6H2,1H3. The van der Waals surface area contributed by atoms with Crippen LogP contribution in [0, 0.1) is 5.82 Å². The summed E-state index contributed by atoms with van der Waals surface area (Å²) in [6, 6.07) is 8.95. The van der Waals surface area contributed by atoms with Crippen LogP contribution in [0.25, 0.3) is 21.1 Å². The average molecular weight is 504 g/mol. The molecule has 0 spiro atoms. The van der Waals surface area contributed by atoms with Gasteiger partial charge in [0.05, 0.1) is 32.7 Å². The van der Waals surface area contributed by atoms with Gasteiger partial charge in [-0.3, -0.25) is 0 Å². The fourth-order valence-corrected chi connectivity index (χ4v) is 4.64. The molecule has 1 aliphatic heterocycles. The molecule has 0 aliphatic carbocycles. The number of benzene rings is 2. The summed E-state index contributed by atoms with van der Waals surface area (Å²) in [7, 11) is 0. The van der Waals surface area contributed by atoms with Crippen LogP contribution in [0.1, 0.15) is 19.8 Å². The third-order valence-electron chi connectivity index (χ3n) is 5.25. The summed E-state index contributed by atoms with van der Waals surface area (Å²) in [5.41, 5.74) is 4.12. The Balaban J connectivity index is 0.000000217. The SMILES string of the molecule is CCN1CCC(O)CC1.Fc1cc(Br)cc2ncnc(Nc3ccc4ncsc4c3)c12. The van der Waals surface area contributed by atoms with Crippen molar-refractivity contribution in [1.82, 2.24) is 19.9 Å². The summed E-state index contributed by atoms with van der Waals surface area (Å²) in [6.45, 7) is 5.46. The van der Waals surface area contributed by atoms with Crippen molar-refractivity contribution in [2.75, 3.05) is 25.0 Å². The van der Waals surface area contributed by atoms with Crippen LogP contribution in [0.5, 0.6) is 0 Å². The minimum Gasteiger partial charge on any atom is -0.393 e. The average Bonchev–Trinajstić information content (AvgIpc) is 3.22. The summed E-state index contributed by atoms with van der Waals surface area (Å²) < 4.78 is 16.0. The monoisotopic (exact) mass is 503 g/mol.